The van der Waals surface area contributed by atoms with E-state index in [2.05, 4.69) is 53.6 Å². The van der Waals surface area contributed by atoms with E-state index in [4.69, 9.17) is 19.4 Å². The Bertz CT molecular complexity index is 766. The molecule has 1 heterocycles. The van der Waals surface area contributed by atoms with Gasteiger partial charge in [0.05, 0.1) is 12.6 Å². The Labute approximate surface area is 206 Å². The van der Waals surface area contributed by atoms with Crippen LogP contribution >= 0.6 is 0 Å². The van der Waals surface area contributed by atoms with Gasteiger partial charge in [-0.15, -0.1) is 0 Å². The van der Waals surface area contributed by atoms with E-state index in [0.717, 1.165) is 24.2 Å². The number of carboxylic acid groups (broad SMARTS) is 1. The Morgan fingerprint density at radius 1 is 1.09 bits per heavy atom. The number of methoxy groups -OCH3 is 2. The molecule has 2 aromatic rings. The number of aromatic nitrogens is 1. The molecule has 8 nitrogen and oxygen atoms in total. The molecule has 0 amide bonds. The van der Waals surface area contributed by atoms with Gasteiger partial charge in [0.2, 0.25) is 0 Å². The minimum Gasteiger partial charge on any atom is -0.497 e. The second-order valence-corrected chi connectivity index (χ2v) is 7.76. The van der Waals surface area contributed by atoms with Gasteiger partial charge < -0.3 is 28.8 Å². The number of fused-ring (bicyclic) bond motifs is 1. The Balaban J connectivity index is -0.000000573. The monoisotopic (exact) mass is 484 g/mol. The predicted molar refractivity (Wildman–Crippen MR) is 141 cm³/mol. The molecule has 0 aliphatic heterocycles. The van der Waals surface area contributed by atoms with E-state index in [9.17, 15) is 4.79 Å². The summed E-state index contributed by atoms with van der Waals surface area (Å²) in [6, 6.07) is 6.23. The van der Waals surface area contributed by atoms with Crippen molar-refractivity contribution in [3.63, 3.8) is 0 Å². The summed E-state index contributed by atoms with van der Waals surface area (Å²) in [7, 11) is 7.62. The van der Waals surface area contributed by atoms with Crippen molar-refractivity contribution in [2.45, 2.75) is 73.6 Å². The number of benzene rings is 1. The summed E-state index contributed by atoms with van der Waals surface area (Å²) in [5.41, 5.74) is 2.19. The summed E-state index contributed by atoms with van der Waals surface area (Å²) in [5.74, 6) is 0.874. The van der Waals surface area contributed by atoms with Crippen molar-refractivity contribution in [3.05, 3.63) is 30.0 Å². The number of ether oxygens (including phenoxy) is 3. The van der Waals surface area contributed by atoms with Crippen LogP contribution in [0.5, 0.6) is 5.75 Å². The summed E-state index contributed by atoms with van der Waals surface area (Å²) in [4.78, 5) is 20.2. The van der Waals surface area contributed by atoms with Crippen molar-refractivity contribution in [3.8, 4) is 5.75 Å². The Morgan fingerprint density at radius 3 is 1.97 bits per heavy atom. The third-order valence-electron chi connectivity index (χ3n) is 4.09. The van der Waals surface area contributed by atoms with Crippen molar-refractivity contribution in [2.24, 2.45) is 0 Å². The van der Waals surface area contributed by atoms with Crippen LogP contribution in [0.1, 0.15) is 67.2 Å². The van der Waals surface area contributed by atoms with E-state index in [1.807, 2.05) is 54.5 Å². The Morgan fingerprint density at radius 2 is 1.62 bits per heavy atom. The fourth-order valence-corrected chi connectivity index (χ4v) is 2.53. The summed E-state index contributed by atoms with van der Waals surface area (Å²) < 4.78 is 17.5. The molecule has 0 bridgehead atoms. The molecular weight excluding hydrogens is 436 g/mol. The van der Waals surface area contributed by atoms with Gasteiger partial charge in [0.1, 0.15) is 17.6 Å². The molecule has 1 aromatic heterocycles. The van der Waals surface area contributed by atoms with E-state index in [-0.39, 0.29) is 18.3 Å². The van der Waals surface area contributed by atoms with E-state index >= 15 is 0 Å². The summed E-state index contributed by atoms with van der Waals surface area (Å²) in [6.07, 6.45) is 3.24. The number of hydrogen-bond acceptors (Lipinski definition) is 6. The van der Waals surface area contributed by atoms with Crippen LogP contribution in [0.25, 0.3) is 10.9 Å². The number of likely N-dealkylation sites (N-methyl/N-ethyl adjacent to an activating group) is 1. The Hall–Kier alpha value is -2.58. The van der Waals surface area contributed by atoms with E-state index < -0.39 is 0 Å². The maximum Gasteiger partial charge on any atom is 0.293 e. The van der Waals surface area contributed by atoms with Crippen molar-refractivity contribution in [2.75, 3.05) is 34.9 Å². The van der Waals surface area contributed by atoms with Crippen molar-refractivity contribution in [1.82, 2.24) is 9.47 Å². The standard InChI is InChI=1S/C16H24N2O2.C5H10O2.2C2H6.CH2O2/c1-12(19-4)18-11-13(8-9-17(2)3)15-7-6-14(20-5)10-16(15)18;1-5(2,3)7-4-6;2*1-2;2-1-3/h6-7,10-12H,8-9H2,1-5H3;4H,1-3H3;2*1-2H3;1H,(H,2,3). The smallest absolute Gasteiger partial charge is 0.293 e. The van der Waals surface area contributed by atoms with Crippen LogP contribution in [0.2, 0.25) is 0 Å². The van der Waals surface area contributed by atoms with Crippen molar-refractivity contribution < 1.29 is 28.9 Å². The highest BCUT2D eigenvalue weighted by molar-refractivity contribution is 5.85. The summed E-state index contributed by atoms with van der Waals surface area (Å²) in [6.45, 7) is 16.8. The highest BCUT2D eigenvalue weighted by Gasteiger charge is 2.13. The van der Waals surface area contributed by atoms with Gasteiger partial charge in [-0.25, -0.2) is 0 Å². The van der Waals surface area contributed by atoms with Crippen molar-refractivity contribution >= 4 is 23.8 Å². The summed E-state index contributed by atoms with van der Waals surface area (Å²) >= 11 is 0. The second kappa shape index (κ2) is 21.0. The quantitative estimate of drug-likeness (QED) is 0.509. The minimum atomic E-state index is -0.318. The van der Waals surface area contributed by atoms with Gasteiger partial charge in [0, 0.05) is 31.3 Å². The highest BCUT2D eigenvalue weighted by atomic mass is 16.5. The molecule has 8 heteroatoms. The lowest BCUT2D eigenvalue weighted by molar-refractivity contribution is -0.138. The lowest BCUT2D eigenvalue weighted by atomic mass is 10.1. The topological polar surface area (TPSA) is 90.2 Å². The van der Waals surface area contributed by atoms with Gasteiger partial charge in [-0.05, 0) is 65.9 Å². The first-order valence-corrected chi connectivity index (χ1v) is 11.6. The number of hydrogen-bond donors (Lipinski definition) is 1. The molecule has 0 spiro atoms. The molecular formula is C26H48N2O6. The Kier molecular flexibility index (Phi) is 22.2. The second-order valence-electron chi connectivity index (χ2n) is 7.76. The first-order chi connectivity index (χ1) is 16.0. The molecule has 0 radical (unpaired) electrons. The molecule has 198 valence electrons. The van der Waals surface area contributed by atoms with E-state index in [1.54, 1.807) is 14.2 Å². The van der Waals surface area contributed by atoms with Crippen LogP contribution in [0.3, 0.4) is 0 Å². The van der Waals surface area contributed by atoms with Gasteiger partial charge in [-0.2, -0.15) is 0 Å². The third-order valence-corrected chi connectivity index (χ3v) is 4.09. The lowest BCUT2D eigenvalue weighted by Gasteiger charge is -2.14. The number of nitrogens with zero attached hydrogens (tertiary/aromatic N) is 2. The van der Waals surface area contributed by atoms with Gasteiger partial charge in [0.25, 0.3) is 12.9 Å². The zero-order chi connectivity index (χ0) is 27.3. The largest absolute Gasteiger partial charge is 0.497 e. The molecule has 0 fully saturated rings. The van der Waals surface area contributed by atoms with Crippen LogP contribution in [0.4, 0.5) is 0 Å². The number of carbonyl (C=O) groups is 2. The minimum absolute atomic E-state index is 0.0118. The molecule has 0 aliphatic rings. The molecule has 0 aliphatic carbocycles. The highest BCUT2D eigenvalue weighted by Crippen LogP contribution is 2.29. The predicted octanol–water partition coefficient (Wildman–Crippen LogP) is 5.63. The zero-order valence-electron chi connectivity index (χ0n) is 23.3. The zero-order valence-corrected chi connectivity index (χ0v) is 23.3. The average molecular weight is 485 g/mol. The van der Waals surface area contributed by atoms with Crippen LogP contribution in [-0.2, 0) is 25.5 Å². The molecule has 1 atom stereocenters. The molecule has 0 saturated carbocycles. The van der Waals surface area contributed by atoms with Crippen LogP contribution in [-0.4, -0.2) is 68.0 Å². The number of carbonyl (C=O) groups excluding carboxylic acids is 1. The molecule has 1 N–H and O–H groups in total. The van der Waals surface area contributed by atoms with Crippen LogP contribution in [0, 0.1) is 0 Å². The number of rotatable bonds is 7. The fraction of sp³-hybridized carbons (Fsp3) is 0.615. The fourth-order valence-electron chi connectivity index (χ4n) is 2.53. The maximum atomic E-state index is 9.60. The van der Waals surface area contributed by atoms with Gasteiger partial charge in [-0.1, -0.05) is 27.7 Å². The van der Waals surface area contributed by atoms with Crippen LogP contribution in [0.15, 0.2) is 24.4 Å². The SMILES string of the molecule is CC.CC.CC(C)(C)OC=O.COc1ccc2c(CCN(C)C)cn(C(C)OC)c2c1.O=CO. The van der Waals surface area contributed by atoms with Gasteiger partial charge in [-0.3, -0.25) is 9.59 Å². The maximum absolute atomic E-state index is 9.60. The average Bonchev–Trinajstić information content (AvgIpc) is 3.17. The molecule has 1 aromatic carbocycles. The normalized spacial score (nSPS) is 10.6. The summed E-state index contributed by atoms with van der Waals surface area (Å²) in [5, 5.41) is 8.16. The van der Waals surface area contributed by atoms with E-state index in [0.29, 0.717) is 6.47 Å². The van der Waals surface area contributed by atoms with Gasteiger partial charge >= 0.3 is 0 Å². The molecule has 1 unspecified atom stereocenters. The van der Waals surface area contributed by atoms with Crippen molar-refractivity contribution in [1.29, 1.82) is 0 Å². The lowest BCUT2D eigenvalue weighted by Crippen LogP contribution is -2.17. The third kappa shape index (κ3) is 15.3. The van der Waals surface area contributed by atoms with Gasteiger partial charge in [0.15, 0.2) is 0 Å². The van der Waals surface area contributed by atoms with E-state index in [1.165, 1.54) is 10.9 Å². The van der Waals surface area contributed by atoms with Crippen LogP contribution < -0.4 is 4.74 Å². The first kappa shape index (κ1) is 36.0. The first-order valence-electron chi connectivity index (χ1n) is 11.6. The molecule has 0 saturated heterocycles. The molecule has 34 heavy (non-hydrogen) atoms. The molecule has 2 rings (SSSR count).